The molecule has 1 spiro atoms. The fourth-order valence-electron chi connectivity index (χ4n) is 11.2. The second kappa shape index (κ2) is 14.8. The van der Waals surface area contributed by atoms with Crippen molar-refractivity contribution in [2.75, 3.05) is 4.90 Å². The first-order valence-electron chi connectivity index (χ1n) is 23.1. The Morgan fingerprint density at radius 1 is 0.406 bits per heavy atom. The van der Waals surface area contributed by atoms with Crippen LogP contribution in [0.25, 0.3) is 72.6 Å². The van der Waals surface area contributed by atoms with Crippen LogP contribution < -0.4 is 4.90 Å². The Bertz CT molecular complexity index is 4110. The van der Waals surface area contributed by atoms with Crippen molar-refractivity contribution in [3.05, 3.63) is 241 Å². The van der Waals surface area contributed by atoms with Gasteiger partial charge in [0.15, 0.2) is 5.82 Å². The first-order valence-corrected chi connectivity index (χ1v) is 24.8. The van der Waals surface area contributed by atoms with Crippen LogP contribution in [-0.4, -0.2) is 24.5 Å². The fourth-order valence-corrected chi connectivity index (χ4v) is 13.8. The second-order valence-electron chi connectivity index (χ2n) is 17.7. The molecule has 322 valence electrons. The molecule has 12 aromatic rings. The van der Waals surface area contributed by atoms with Gasteiger partial charge in [-0.3, -0.25) is 4.98 Å². The molecule has 69 heavy (non-hydrogen) atoms. The molecular formula is C61H36N6S2. The van der Waals surface area contributed by atoms with Crippen LogP contribution in [0.5, 0.6) is 0 Å². The van der Waals surface area contributed by atoms with E-state index >= 15 is 0 Å². The van der Waals surface area contributed by atoms with Crippen LogP contribution in [0.2, 0.25) is 0 Å². The number of para-hydroxylation sites is 4. The zero-order chi connectivity index (χ0) is 45.2. The lowest BCUT2D eigenvalue weighted by Gasteiger charge is -2.42. The van der Waals surface area contributed by atoms with E-state index in [1.807, 2.05) is 47.9 Å². The van der Waals surface area contributed by atoms with Gasteiger partial charge in [0.05, 0.1) is 55.3 Å². The lowest BCUT2D eigenvalue weighted by atomic mass is 9.67. The molecule has 0 N–H and O–H groups in total. The number of pyridine rings is 2. The molecule has 2 aliphatic heterocycles. The smallest absolute Gasteiger partial charge is 0.179 e. The Morgan fingerprint density at radius 3 is 2.00 bits per heavy atom. The maximum absolute atomic E-state index is 5.53. The van der Waals surface area contributed by atoms with E-state index in [1.54, 1.807) is 0 Å². The number of hydrogen-bond acceptors (Lipinski definition) is 7. The summed E-state index contributed by atoms with van der Waals surface area (Å²) < 4.78 is 2.40. The summed E-state index contributed by atoms with van der Waals surface area (Å²) in [6.07, 6.45) is 1.89. The topological polar surface area (TPSA) is 59.7 Å². The van der Waals surface area contributed by atoms with Crippen LogP contribution in [-0.2, 0) is 5.41 Å². The summed E-state index contributed by atoms with van der Waals surface area (Å²) in [7, 11) is 0. The Kier molecular flexibility index (Phi) is 8.34. The normalized spacial score (nSPS) is 15.2. The van der Waals surface area contributed by atoms with Crippen molar-refractivity contribution in [1.29, 1.82) is 0 Å². The molecule has 0 radical (unpaired) electrons. The molecule has 1 unspecified atom stereocenters. The molecule has 15 rings (SSSR count). The summed E-state index contributed by atoms with van der Waals surface area (Å²) in [6.45, 7) is 0. The van der Waals surface area contributed by atoms with Gasteiger partial charge in [-0.05, 0) is 95.1 Å². The summed E-state index contributed by atoms with van der Waals surface area (Å²) in [5.41, 5.74) is 16.2. The largest absolute Gasteiger partial charge is 0.309 e. The number of aromatic nitrogens is 5. The summed E-state index contributed by atoms with van der Waals surface area (Å²) in [6, 6.07) is 76.2. The van der Waals surface area contributed by atoms with Crippen molar-refractivity contribution in [2.24, 2.45) is 0 Å². The zero-order valence-electron chi connectivity index (χ0n) is 36.8. The average molecular weight is 917 g/mol. The lowest BCUT2D eigenvalue weighted by molar-refractivity contribution is 0.711. The highest BCUT2D eigenvalue weighted by molar-refractivity contribution is 8.02. The minimum Gasteiger partial charge on any atom is -0.309 e. The van der Waals surface area contributed by atoms with Gasteiger partial charge in [0.1, 0.15) is 5.69 Å². The van der Waals surface area contributed by atoms with Gasteiger partial charge in [0, 0.05) is 54.0 Å². The third-order valence-electron chi connectivity index (χ3n) is 14.1. The molecular weight excluding hydrogens is 881 g/mol. The summed E-state index contributed by atoms with van der Waals surface area (Å²) >= 11 is 3.74. The fraction of sp³-hybridized carbons (Fsp3) is 0.0164. The minimum absolute atomic E-state index is 0.584. The van der Waals surface area contributed by atoms with Gasteiger partial charge in [-0.2, -0.15) is 0 Å². The van der Waals surface area contributed by atoms with E-state index < -0.39 is 5.41 Å². The van der Waals surface area contributed by atoms with Crippen molar-refractivity contribution < 1.29 is 0 Å². The Hall–Kier alpha value is -8.30. The molecule has 0 amide bonds. The SMILES string of the molecule is c1ccc(-c2nc(-c3ccc4c(n3)-c3ncccc3C43c4ccccc4Sc4c3ccc3c4Sc4ccccc4N3c3ccc4c5ccccc5n(-c5ccccc5)c4c3)nc3ccccc23)cc1. The highest BCUT2D eigenvalue weighted by Crippen LogP contribution is 2.65. The van der Waals surface area contributed by atoms with Crippen molar-refractivity contribution in [3.63, 3.8) is 0 Å². The van der Waals surface area contributed by atoms with Gasteiger partial charge in [0.25, 0.3) is 0 Å². The van der Waals surface area contributed by atoms with Crippen LogP contribution in [0.1, 0.15) is 22.3 Å². The molecule has 0 fully saturated rings. The van der Waals surface area contributed by atoms with Gasteiger partial charge in [0.2, 0.25) is 0 Å². The van der Waals surface area contributed by atoms with Gasteiger partial charge < -0.3 is 9.47 Å². The monoisotopic (exact) mass is 916 g/mol. The van der Waals surface area contributed by atoms with Gasteiger partial charge in [-0.15, -0.1) is 0 Å². The second-order valence-corrected chi connectivity index (χ2v) is 19.8. The third-order valence-corrected chi connectivity index (χ3v) is 16.6. The number of hydrogen-bond donors (Lipinski definition) is 0. The van der Waals surface area contributed by atoms with E-state index in [9.17, 15) is 0 Å². The van der Waals surface area contributed by atoms with E-state index in [0.29, 0.717) is 11.5 Å². The maximum atomic E-state index is 5.53. The van der Waals surface area contributed by atoms with Crippen LogP contribution >= 0.6 is 23.5 Å². The van der Waals surface area contributed by atoms with Gasteiger partial charge in [-0.25, -0.2) is 15.0 Å². The number of fused-ring (bicyclic) bond motifs is 16. The molecule has 0 bridgehead atoms. The van der Waals surface area contributed by atoms with Crippen molar-refractivity contribution in [1.82, 2.24) is 24.5 Å². The number of benzene rings is 8. The molecule has 1 aliphatic carbocycles. The highest BCUT2D eigenvalue weighted by atomic mass is 32.2. The molecule has 6 nitrogen and oxygen atoms in total. The number of rotatable bonds is 4. The van der Waals surface area contributed by atoms with E-state index in [-0.39, 0.29) is 0 Å². The molecule has 1 atom stereocenters. The van der Waals surface area contributed by atoms with E-state index in [0.717, 1.165) is 67.4 Å². The number of anilines is 3. The van der Waals surface area contributed by atoms with Crippen LogP contribution in [0.15, 0.2) is 238 Å². The Morgan fingerprint density at radius 2 is 1.10 bits per heavy atom. The Labute approximate surface area is 406 Å². The van der Waals surface area contributed by atoms with E-state index in [2.05, 4.69) is 204 Å². The standard InChI is InChI=1S/C61H36N6S2/c1-3-16-37(17-4-1)55-42-21-7-10-24-47(42)64-60(65-55)48-33-31-45-57(63-48)56-44(23-15-35-62-56)61(45)43-22-9-13-27-53(43)68-58-46(61)32-34-51-59(58)69-54-28-14-12-26-50(54)67(51)39-29-30-41-40-20-8-11-25-49(40)66(52(41)36-39)38-18-5-2-6-19-38/h1-36H. The average Bonchev–Trinajstić information content (AvgIpc) is 3.90. The van der Waals surface area contributed by atoms with E-state index in [1.165, 1.54) is 52.5 Å². The van der Waals surface area contributed by atoms with Crippen LogP contribution in [0, 0.1) is 0 Å². The van der Waals surface area contributed by atoms with Crippen LogP contribution in [0.4, 0.5) is 17.1 Å². The molecule has 4 aromatic heterocycles. The van der Waals surface area contributed by atoms with Crippen molar-refractivity contribution in [3.8, 4) is 39.9 Å². The predicted molar refractivity (Wildman–Crippen MR) is 281 cm³/mol. The minimum atomic E-state index is -0.687. The van der Waals surface area contributed by atoms with Crippen LogP contribution in [0.3, 0.4) is 0 Å². The molecule has 3 aliphatic rings. The molecule has 8 aromatic carbocycles. The first kappa shape index (κ1) is 38.8. The highest BCUT2D eigenvalue weighted by Gasteiger charge is 2.52. The summed E-state index contributed by atoms with van der Waals surface area (Å²) in [5, 5.41) is 3.47. The summed E-state index contributed by atoms with van der Waals surface area (Å²) in [5.74, 6) is 0.584. The zero-order valence-corrected chi connectivity index (χ0v) is 38.4. The summed E-state index contributed by atoms with van der Waals surface area (Å²) in [4.78, 5) is 28.4. The van der Waals surface area contributed by atoms with Crippen molar-refractivity contribution >= 4 is 73.3 Å². The molecule has 0 saturated heterocycles. The van der Waals surface area contributed by atoms with Gasteiger partial charge >= 0.3 is 0 Å². The number of nitrogens with zero attached hydrogens (tertiary/aromatic N) is 6. The third kappa shape index (κ3) is 5.52. The molecule has 0 saturated carbocycles. The molecule has 8 heteroatoms. The van der Waals surface area contributed by atoms with Gasteiger partial charge in [-0.1, -0.05) is 163 Å². The lowest BCUT2D eigenvalue weighted by Crippen LogP contribution is -2.32. The van der Waals surface area contributed by atoms with E-state index in [4.69, 9.17) is 19.9 Å². The predicted octanol–water partition coefficient (Wildman–Crippen LogP) is 15.6. The molecule has 6 heterocycles. The quantitative estimate of drug-likeness (QED) is 0.174. The Balaban J connectivity index is 0.947. The van der Waals surface area contributed by atoms with Crippen molar-refractivity contribution in [2.45, 2.75) is 25.0 Å². The first-order chi connectivity index (χ1) is 34.2. The maximum Gasteiger partial charge on any atom is 0.179 e.